The van der Waals surface area contributed by atoms with Crippen LogP contribution in [0.4, 0.5) is 4.39 Å². The Morgan fingerprint density at radius 2 is 2.04 bits per heavy atom. The van der Waals surface area contributed by atoms with Crippen molar-refractivity contribution in [3.63, 3.8) is 0 Å². The molecule has 0 unspecified atom stereocenters. The quantitative estimate of drug-likeness (QED) is 0.769. The van der Waals surface area contributed by atoms with Crippen LogP contribution in [0.2, 0.25) is 0 Å². The van der Waals surface area contributed by atoms with Crippen LogP contribution in [0.5, 0.6) is 0 Å². The Hall–Kier alpha value is -1.89. The van der Waals surface area contributed by atoms with Crippen molar-refractivity contribution in [1.29, 1.82) is 0 Å². The zero-order valence-electron chi connectivity index (χ0n) is 14.2. The van der Waals surface area contributed by atoms with E-state index in [0.717, 1.165) is 29.5 Å². The normalized spacial score (nSPS) is 14.0. The van der Waals surface area contributed by atoms with Gasteiger partial charge in [0.25, 0.3) is 0 Å². The van der Waals surface area contributed by atoms with E-state index in [0.29, 0.717) is 25.1 Å². The molecular weight excluding hydrogens is 339 g/mol. The van der Waals surface area contributed by atoms with Crippen molar-refractivity contribution in [2.45, 2.75) is 50.0 Å². The number of nitrogens with one attached hydrogen (secondary N) is 1. The SMILES string of the molecule is O=C(CCSc1ccc(F)cc1)NCCc1nnc2n1CCCCC2. The van der Waals surface area contributed by atoms with Gasteiger partial charge in [-0.25, -0.2) is 4.39 Å². The topological polar surface area (TPSA) is 59.8 Å². The summed E-state index contributed by atoms with van der Waals surface area (Å²) in [6.07, 6.45) is 5.75. The van der Waals surface area contributed by atoms with E-state index in [1.54, 1.807) is 23.9 Å². The third kappa shape index (κ3) is 5.29. The molecule has 0 saturated carbocycles. The van der Waals surface area contributed by atoms with Crippen LogP contribution >= 0.6 is 11.8 Å². The van der Waals surface area contributed by atoms with Crippen molar-refractivity contribution < 1.29 is 9.18 Å². The van der Waals surface area contributed by atoms with Crippen molar-refractivity contribution in [2.75, 3.05) is 12.3 Å². The van der Waals surface area contributed by atoms with Gasteiger partial charge in [0.2, 0.25) is 5.91 Å². The second-order valence-electron chi connectivity index (χ2n) is 6.15. The summed E-state index contributed by atoms with van der Waals surface area (Å²) >= 11 is 1.56. The largest absolute Gasteiger partial charge is 0.356 e. The van der Waals surface area contributed by atoms with Crippen molar-refractivity contribution in [3.05, 3.63) is 41.7 Å². The molecule has 2 aromatic rings. The molecule has 0 aliphatic carbocycles. The van der Waals surface area contributed by atoms with Crippen molar-refractivity contribution in [3.8, 4) is 0 Å². The van der Waals surface area contributed by atoms with Gasteiger partial charge in [-0.05, 0) is 37.1 Å². The van der Waals surface area contributed by atoms with Gasteiger partial charge in [0.1, 0.15) is 17.5 Å². The molecule has 0 saturated heterocycles. The lowest BCUT2D eigenvalue weighted by molar-refractivity contribution is -0.120. The number of aromatic nitrogens is 3. The van der Waals surface area contributed by atoms with E-state index in [1.807, 2.05) is 0 Å². The van der Waals surface area contributed by atoms with E-state index in [9.17, 15) is 9.18 Å². The van der Waals surface area contributed by atoms with Crippen molar-refractivity contribution in [2.24, 2.45) is 0 Å². The predicted molar refractivity (Wildman–Crippen MR) is 96.0 cm³/mol. The number of amides is 1. The summed E-state index contributed by atoms with van der Waals surface area (Å²) in [4.78, 5) is 12.9. The number of nitrogens with zero attached hydrogens (tertiary/aromatic N) is 3. The number of hydrogen-bond donors (Lipinski definition) is 1. The highest BCUT2D eigenvalue weighted by molar-refractivity contribution is 7.99. The van der Waals surface area contributed by atoms with E-state index in [4.69, 9.17) is 0 Å². The summed E-state index contributed by atoms with van der Waals surface area (Å²) in [5.74, 6) is 2.52. The Labute approximate surface area is 151 Å². The molecule has 134 valence electrons. The number of halogens is 1. The number of rotatable bonds is 7. The summed E-state index contributed by atoms with van der Waals surface area (Å²) < 4.78 is 15.0. The van der Waals surface area contributed by atoms with Gasteiger partial charge in [0.15, 0.2) is 0 Å². The first-order valence-electron chi connectivity index (χ1n) is 8.78. The fourth-order valence-corrected chi connectivity index (χ4v) is 3.78. The summed E-state index contributed by atoms with van der Waals surface area (Å²) in [6, 6.07) is 6.33. The number of aryl methyl sites for hydroxylation is 1. The molecule has 0 spiro atoms. The van der Waals surface area contributed by atoms with Crippen molar-refractivity contribution in [1.82, 2.24) is 20.1 Å². The van der Waals surface area contributed by atoms with E-state index < -0.39 is 0 Å². The number of benzene rings is 1. The van der Waals surface area contributed by atoms with Gasteiger partial charge >= 0.3 is 0 Å². The Balaban J connectivity index is 1.37. The first-order chi connectivity index (χ1) is 12.2. The zero-order chi connectivity index (χ0) is 17.5. The van der Waals surface area contributed by atoms with Gasteiger partial charge in [0, 0.05) is 43.0 Å². The van der Waals surface area contributed by atoms with Gasteiger partial charge in [0.05, 0.1) is 0 Å². The lowest BCUT2D eigenvalue weighted by Gasteiger charge is -2.08. The molecule has 0 fully saturated rings. The van der Waals surface area contributed by atoms with Gasteiger partial charge < -0.3 is 9.88 Å². The third-order valence-corrected chi connectivity index (χ3v) is 5.28. The number of hydrogen-bond acceptors (Lipinski definition) is 4. The molecule has 1 aliphatic heterocycles. The van der Waals surface area contributed by atoms with Gasteiger partial charge in [-0.2, -0.15) is 0 Å². The number of carbonyl (C=O) groups excluding carboxylic acids is 1. The molecule has 1 aromatic carbocycles. The molecule has 0 bridgehead atoms. The number of thioether (sulfide) groups is 1. The number of fused-ring (bicyclic) bond motifs is 1. The maximum Gasteiger partial charge on any atom is 0.220 e. The molecule has 3 rings (SSSR count). The molecule has 1 N–H and O–H groups in total. The minimum absolute atomic E-state index is 0.0326. The lowest BCUT2D eigenvalue weighted by Crippen LogP contribution is -2.26. The second-order valence-corrected chi connectivity index (χ2v) is 7.32. The summed E-state index contributed by atoms with van der Waals surface area (Å²) in [7, 11) is 0. The molecule has 5 nitrogen and oxygen atoms in total. The Kier molecular flexibility index (Phi) is 6.44. The highest BCUT2D eigenvalue weighted by Gasteiger charge is 2.14. The van der Waals surface area contributed by atoms with Crippen LogP contribution in [0.1, 0.15) is 37.3 Å². The molecular formula is C18H23FN4OS. The van der Waals surface area contributed by atoms with E-state index in [1.165, 1.54) is 31.4 Å². The molecule has 2 heterocycles. The average molecular weight is 362 g/mol. The van der Waals surface area contributed by atoms with Crippen LogP contribution in [0.3, 0.4) is 0 Å². The van der Waals surface area contributed by atoms with Crippen molar-refractivity contribution >= 4 is 17.7 Å². The maximum absolute atomic E-state index is 12.8. The first kappa shape index (κ1) is 17.9. The Bertz CT molecular complexity index is 702. The fourth-order valence-electron chi connectivity index (χ4n) is 2.92. The van der Waals surface area contributed by atoms with Crippen LogP contribution < -0.4 is 5.32 Å². The van der Waals surface area contributed by atoms with Crippen LogP contribution in [-0.4, -0.2) is 33.0 Å². The minimum Gasteiger partial charge on any atom is -0.356 e. The molecule has 7 heteroatoms. The molecule has 1 amide bonds. The Morgan fingerprint density at radius 1 is 1.20 bits per heavy atom. The zero-order valence-corrected chi connectivity index (χ0v) is 15.0. The highest BCUT2D eigenvalue weighted by atomic mass is 32.2. The van der Waals surface area contributed by atoms with Crippen LogP contribution in [0.15, 0.2) is 29.2 Å². The smallest absolute Gasteiger partial charge is 0.220 e. The van der Waals surface area contributed by atoms with Gasteiger partial charge in [-0.15, -0.1) is 22.0 Å². The summed E-state index contributed by atoms with van der Waals surface area (Å²) in [5, 5.41) is 11.5. The molecule has 0 atom stereocenters. The highest BCUT2D eigenvalue weighted by Crippen LogP contribution is 2.18. The fraction of sp³-hybridized carbons (Fsp3) is 0.500. The third-order valence-electron chi connectivity index (χ3n) is 4.27. The van der Waals surface area contributed by atoms with Crippen LogP contribution in [-0.2, 0) is 24.2 Å². The second kappa shape index (κ2) is 8.99. The average Bonchev–Trinajstić information content (AvgIpc) is 2.84. The predicted octanol–water partition coefficient (Wildman–Crippen LogP) is 2.98. The van der Waals surface area contributed by atoms with E-state index in [-0.39, 0.29) is 11.7 Å². The van der Waals surface area contributed by atoms with Gasteiger partial charge in [-0.3, -0.25) is 4.79 Å². The van der Waals surface area contributed by atoms with Crippen LogP contribution in [0, 0.1) is 5.82 Å². The molecule has 0 radical (unpaired) electrons. The first-order valence-corrected chi connectivity index (χ1v) is 9.77. The summed E-state index contributed by atoms with van der Waals surface area (Å²) in [5.41, 5.74) is 0. The minimum atomic E-state index is -0.242. The monoisotopic (exact) mass is 362 g/mol. The van der Waals surface area contributed by atoms with E-state index >= 15 is 0 Å². The van der Waals surface area contributed by atoms with E-state index in [2.05, 4.69) is 20.1 Å². The summed E-state index contributed by atoms with van der Waals surface area (Å²) in [6.45, 7) is 1.57. The standard InChI is InChI=1S/C18H23FN4OS/c19-14-5-7-15(8-6-14)25-13-10-18(24)20-11-9-17-22-21-16-4-2-1-3-12-23(16)17/h5-8H,1-4,9-13H2,(H,20,24). The lowest BCUT2D eigenvalue weighted by atomic mass is 10.2. The van der Waals surface area contributed by atoms with Crippen LogP contribution in [0.25, 0.3) is 0 Å². The van der Waals surface area contributed by atoms with Gasteiger partial charge in [-0.1, -0.05) is 6.42 Å². The molecule has 1 aliphatic rings. The Morgan fingerprint density at radius 3 is 2.88 bits per heavy atom. The number of carbonyl (C=O) groups is 1. The maximum atomic E-state index is 12.8. The molecule has 25 heavy (non-hydrogen) atoms. The molecule has 1 aromatic heterocycles.